The number of esters is 1. The van der Waals surface area contributed by atoms with Crippen LogP contribution in [0.4, 0.5) is 4.79 Å². The molecular formula is C19H29NO4. The highest BCUT2D eigenvalue weighted by molar-refractivity contribution is 5.89. The van der Waals surface area contributed by atoms with Gasteiger partial charge in [-0.25, -0.2) is 9.59 Å². The molecule has 1 aromatic rings. The number of benzene rings is 1. The van der Waals surface area contributed by atoms with Crippen LogP contribution in [-0.2, 0) is 15.9 Å². The minimum absolute atomic E-state index is 0.320. The minimum atomic E-state index is -0.399. The first-order valence-electron chi connectivity index (χ1n) is 8.51. The van der Waals surface area contributed by atoms with E-state index >= 15 is 0 Å². The number of aryl methyl sites for hydroxylation is 1. The van der Waals surface area contributed by atoms with Gasteiger partial charge in [0.25, 0.3) is 0 Å². The molecule has 0 N–H and O–H groups in total. The fraction of sp³-hybridized carbons (Fsp3) is 0.579. The number of unbranched alkanes of at least 4 members (excludes halogenated alkanes) is 1. The zero-order valence-electron chi connectivity index (χ0n) is 15.4. The second-order valence-corrected chi connectivity index (χ2v) is 6.34. The van der Waals surface area contributed by atoms with Crippen LogP contribution < -0.4 is 0 Å². The lowest BCUT2D eigenvalue weighted by atomic mass is 10.1. The number of amides is 1. The maximum Gasteiger partial charge on any atom is 0.409 e. The summed E-state index contributed by atoms with van der Waals surface area (Å²) in [5, 5.41) is 0. The quantitative estimate of drug-likeness (QED) is 0.673. The van der Waals surface area contributed by atoms with Crippen LogP contribution in [0, 0.1) is 0 Å². The van der Waals surface area contributed by atoms with Crippen molar-refractivity contribution >= 4 is 12.1 Å². The van der Waals surface area contributed by atoms with E-state index in [2.05, 4.69) is 6.92 Å². The van der Waals surface area contributed by atoms with Crippen LogP contribution >= 0.6 is 0 Å². The van der Waals surface area contributed by atoms with Crippen LogP contribution in [0.1, 0.15) is 56.0 Å². The topological polar surface area (TPSA) is 55.8 Å². The van der Waals surface area contributed by atoms with Gasteiger partial charge in [0, 0.05) is 20.5 Å². The molecule has 1 aromatic carbocycles. The van der Waals surface area contributed by atoms with Gasteiger partial charge >= 0.3 is 12.1 Å². The molecule has 0 bridgehead atoms. The summed E-state index contributed by atoms with van der Waals surface area (Å²) in [5.74, 6) is -0.351. The average Bonchev–Trinajstić information content (AvgIpc) is 2.52. The van der Waals surface area contributed by atoms with Gasteiger partial charge < -0.3 is 14.4 Å². The lowest BCUT2D eigenvalue weighted by Crippen LogP contribution is -2.29. The van der Waals surface area contributed by atoms with Gasteiger partial charge in [0.1, 0.15) is 12.2 Å². The highest BCUT2D eigenvalue weighted by Gasteiger charge is 2.18. The molecule has 2 unspecified atom stereocenters. The first-order chi connectivity index (χ1) is 11.3. The highest BCUT2D eigenvalue weighted by Crippen LogP contribution is 2.12. The zero-order chi connectivity index (χ0) is 18.1. The molecule has 1 amide bonds. The SMILES string of the molecule is CCCCc1ccc(C(=O)OC(C)CC(C)OC(=O)N(C)C)cc1. The smallest absolute Gasteiger partial charge is 0.409 e. The van der Waals surface area contributed by atoms with Crippen LogP contribution in [0.5, 0.6) is 0 Å². The van der Waals surface area contributed by atoms with E-state index < -0.39 is 6.09 Å². The summed E-state index contributed by atoms with van der Waals surface area (Å²) in [6.45, 7) is 5.74. The monoisotopic (exact) mass is 335 g/mol. The van der Waals surface area contributed by atoms with Gasteiger partial charge in [0.2, 0.25) is 0 Å². The minimum Gasteiger partial charge on any atom is -0.459 e. The first kappa shape index (κ1) is 20.0. The van der Waals surface area contributed by atoms with E-state index in [0.717, 1.165) is 19.3 Å². The second-order valence-electron chi connectivity index (χ2n) is 6.34. The summed E-state index contributed by atoms with van der Waals surface area (Å²) in [6, 6.07) is 7.54. The Hall–Kier alpha value is -2.04. The predicted molar refractivity (Wildman–Crippen MR) is 94.2 cm³/mol. The number of rotatable bonds is 8. The molecule has 0 saturated carbocycles. The van der Waals surface area contributed by atoms with E-state index in [0.29, 0.717) is 12.0 Å². The zero-order valence-corrected chi connectivity index (χ0v) is 15.4. The third-order valence-corrected chi connectivity index (χ3v) is 3.65. The molecule has 5 nitrogen and oxygen atoms in total. The molecule has 0 aliphatic carbocycles. The van der Waals surface area contributed by atoms with Crippen molar-refractivity contribution in [3.05, 3.63) is 35.4 Å². The Bertz CT molecular complexity index is 525. The lowest BCUT2D eigenvalue weighted by Gasteiger charge is -2.20. The third kappa shape index (κ3) is 7.02. The summed E-state index contributed by atoms with van der Waals surface area (Å²) in [7, 11) is 3.26. The number of carbonyl (C=O) groups excluding carboxylic acids is 2. The Morgan fingerprint density at radius 1 is 1.04 bits per heavy atom. The second kappa shape index (κ2) is 9.96. The van der Waals surface area contributed by atoms with Gasteiger partial charge in [-0.2, -0.15) is 0 Å². The first-order valence-corrected chi connectivity index (χ1v) is 8.51. The van der Waals surface area contributed by atoms with Gasteiger partial charge in [-0.05, 0) is 44.4 Å². The molecule has 24 heavy (non-hydrogen) atoms. The van der Waals surface area contributed by atoms with E-state index in [1.165, 1.54) is 10.5 Å². The van der Waals surface area contributed by atoms with Crippen molar-refractivity contribution in [1.29, 1.82) is 0 Å². The van der Waals surface area contributed by atoms with Gasteiger partial charge in [-0.1, -0.05) is 25.5 Å². The molecule has 0 fully saturated rings. The normalized spacial score (nSPS) is 13.0. The molecule has 0 aliphatic rings. The number of nitrogens with zero attached hydrogens (tertiary/aromatic N) is 1. The molecular weight excluding hydrogens is 306 g/mol. The Kier molecular flexibility index (Phi) is 8.30. The molecule has 0 aromatic heterocycles. The van der Waals surface area contributed by atoms with Crippen LogP contribution in [0.2, 0.25) is 0 Å². The van der Waals surface area contributed by atoms with Gasteiger partial charge in [0.15, 0.2) is 0 Å². The molecule has 1 rings (SSSR count). The van der Waals surface area contributed by atoms with Crippen molar-refractivity contribution in [2.24, 2.45) is 0 Å². The van der Waals surface area contributed by atoms with E-state index in [-0.39, 0.29) is 18.2 Å². The number of hydrogen-bond acceptors (Lipinski definition) is 4. The highest BCUT2D eigenvalue weighted by atomic mass is 16.6. The fourth-order valence-corrected chi connectivity index (χ4v) is 2.28. The number of hydrogen-bond donors (Lipinski definition) is 0. The number of ether oxygens (including phenoxy) is 2. The molecule has 0 heterocycles. The standard InChI is InChI=1S/C19H29NO4/c1-6-7-8-16-9-11-17(12-10-16)18(21)23-14(2)13-15(3)24-19(22)20(4)5/h9-12,14-15H,6-8,13H2,1-5H3. The van der Waals surface area contributed by atoms with Crippen molar-refractivity contribution in [2.45, 2.75) is 58.7 Å². The summed E-state index contributed by atoms with van der Waals surface area (Å²) < 4.78 is 10.6. The Labute approximate surface area is 144 Å². The van der Waals surface area contributed by atoms with Crippen molar-refractivity contribution < 1.29 is 19.1 Å². The molecule has 0 radical (unpaired) electrons. The van der Waals surface area contributed by atoms with Gasteiger partial charge in [0.05, 0.1) is 5.56 Å². The van der Waals surface area contributed by atoms with Gasteiger partial charge in [-0.3, -0.25) is 0 Å². The summed E-state index contributed by atoms with van der Waals surface area (Å²) in [5.41, 5.74) is 1.77. The lowest BCUT2D eigenvalue weighted by molar-refractivity contribution is 0.0157. The maximum atomic E-state index is 12.2. The van der Waals surface area contributed by atoms with Crippen LogP contribution in [-0.4, -0.2) is 43.3 Å². The Morgan fingerprint density at radius 3 is 2.17 bits per heavy atom. The van der Waals surface area contributed by atoms with Crippen molar-refractivity contribution in [3.63, 3.8) is 0 Å². The summed E-state index contributed by atoms with van der Waals surface area (Å²) in [4.78, 5) is 25.0. The Balaban J connectivity index is 2.47. The van der Waals surface area contributed by atoms with Crippen molar-refractivity contribution in [1.82, 2.24) is 4.90 Å². The van der Waals surface area contributed by atoms with E-state index in [1.54, 1.807) is 40.1 Å². The average molecular weight is 335 g/mol. The van der Waals surface area contributed by atoms with E-state index in [9.17, 15) is 9.59 Å². The van der Waals surface area contributed by atoms with Crippen LogP contribution in [0.3, 0.4) is 0 Å². The van der Waals surface area contributed by atoms with E-state index in [4.69, 9.17) is 9.47 Å². The maximum absolute atomic E-state index is 12.2. The van der Waals surface area contributed by atoms with E-state index in [1.807, 2.05) is 12.1 Å². The Morgan fingerprint density at radius 2 is 1.62 bits per heavy atom. The van der Waals surface area contributed by atoms with Crippen LogP contribution in [0.25, 0.3) is 0 Å². The fourth-order valence-electron chi connectivity index (χ4n) is 2.28. The summed E-state index contributed by atoms with van der Waals surface area (Å²) in [6.07, 6.45) is 2.73. The number of carbonyl (C=O) groups is 2. The van der Waals surface area contributed by atoms with Crippen molar-refractivity contribution in [2.75, 3.05) is 14.1 Å². The molecule has 0 aliphatic heterocycles. The molecule has 5 heteroatoms. The summed E-state index contributed by atoms with van der Waals surface area (Å²) >= 11 is 0. The molecule has 0 spiro atoms. The molecule has 2 atom stereocenters. The van der Waals surface area contributed by atoms with Crippen LogP contribution in [0.15, 0.2) is 24.3 Å². The third-order valence-electron chi connectivity index (χ3n) is 3.65. The molecule has 0 saturated heterocycles. The largest absolute Gasteiger partial charge is 0.459 e. The predicted octanol–water partition coefficient (Wildman–Crippen LogP) is 4.05. The van der Waals surface area contributed by atoms with Crippen molar-refractivity contribution in [3.8, 4) is 0 Å². The van der Waals surface area contributed by atoms with Gasteiger partial charge in [-0.15, -0.1) is 0 Å². The molecule has 134 valence electrons.